The third kappa shape index (κ3) is 3.94. The quantitative estimate of drug-likeness (QED) is 0.698. The lowest BCUT2D eigenvalue weighted by Crippen LogP contribution is -2.00. The number of alkyl halides is 2. The summed E-state index contributed by atoms with van der Waals surface area (Å²) in [5.41, 5.74) is 0.984. The molecule has 0 unspecified atom stereocenters. The van der Waals surface area contributed by atoms with E-state index >= 15 is 0 Å². The number of benzene rings is 1. The van der Waals surface area contributed by atoms with Gasteiger partial charge in [0.05, 0.1) is 0 Å². The van der Waals surface area contributed by atoms with Gasteiger partial charge in [-0.25, -0.2) is 13.2 Å². The minimum Gasteiger partial charge on any atom is -0.210 e. The maximum Gasteiger partial charge on any atom is 0.242 e. The van der Waals surface area contributed by atoms with E-state index in [1.807, 2.05) is 0 Å². The Balaban J connectivity index is 2.70. The smallest absolute Gasteiger partial charge is 0.210 e. The summed E-state index contributed by atoms with van der Waals surface area (Å²) in [6.07, 6.45) is -0.142. The maximum absolute atomic E-state index is 13.3. The van der Waals surface area contributed by atoms with Crippen molar-refractivity contribution < 1.29 is 13.2 Å². The van der Waals surface area contributed by atoms with E-state index in [-0.39, 0.29) is 5.56 Å². The van der Waals surface area contributed by atoms with Crippen LogP contribution in [0.4, 0.5) is 13.2 Å². The molecular formula is C12H15F3. The lowest BCUT2D eigenvalue weighted by Gasteiger charge is -2.05. The van der Waals surface area contributed by atoms with Crippen LogP contribution in [0.2, 0.25) is 0 Å². The maximum atomic E-state index is 13.3. The van der Waals surface area contributed by atoms with E-state index in [1.54, 1.807) is 6.07 Å². The third-order valence-electron chi connectivity index (χ3n) is 2.31. The Bertz CT molecular complexity index is 308. The van der Waals surface area contributed by atoms with Gasteiger partial charge in [0.15, 0.2) is 0 Å². The van der Waals surface area contributed by atoms with Gasteiger partial charge in [-0.1, -0.05) is 25.5 Å². The molecule has 3 heteroatoms. The highest BCUT2D eigenvalue weighted by Crippen LogP contribution is 2.15. The van der Waals surface area contributed by atoms with Crippen molar-refractivity contribution in [2.45, 2.75) is 39.0 Å². The zero-order chi connectivity index (χ0) is 11.3. The Morgan fingerprint density at radius 1 is 1.27 bits per heavy atom. The van der Waals surface area contributed by atoms with Crippen LogP contribution in [0, 0.1) is 5.82 Å². The molecule has 0 nitrogen and oxygen atoms in total. The van der Waals surface area contributed by atoms with Crippen LogP contribution in [0.15, 0.2) is 18.2 Å². The summed E-state index contributed by atoms with van der Waals surface area (Å²) in [4.78, 5) is 0. The molecule has 0 radical (unpaired) electrons. The molecule has 1 aromatic rings. The molecule has 0 bridgehead atoms. The normalized spacial score (nSPS) is 11.0. The Morgan fingerprint density at radius 3 is 2.53 bits per heavy atom. The standard InChI is InChI=1S/C12H15F3/c1-2-3-4-9-5-6-10(8-12(14)15)11(13)7-9/h5-7,12H,2-4,8H2,1H3. The Hall–Kier alpha value is -0.990. The highest BCUT2D eigenvalue weighted by Gasteiger charge is 2.09. The topological polar surface area (TPSA) is 0 Å². The molecule has 0 spiro atoms. The number of unbranched alkanes of at least 4 members (excludes halogenated alkanes) is 1. The molecule has 84 valence electrons. The first-order chi connectivity index (χ1) is 7.13. The summed E-state index contributed by atoms with van der Waals surface area (Å²) in [6, 6.07) is 4.57. The van der Waals surface area contributed by atoms with E-state index in [9.17, 15) is 13.2 Å². The average Bonchev–Trinajstić information content (AvgIpc) is 2.18. The summed E-state index contributed by atoms with van der Waals surface area (Å²) < 4.78 is 37.4. The largest absolute Gasteiger partial charge is 0.242 e. The van der Waals surface area contributed by atoms with Crippen LogP contribution in [0.5, 0.6) is 0 Å². The van der Waals surface area contributed by atoms with Crippen LogP contribution in [0.1, 0.15) is 30.9 Å². The number of aryl methyl sites for hydroxylation is 1. The van der Waals surface area contributed by atoms with Crippen molar-refractivity contribution in [1.29, 1.82) is 0 Å². The van der Waals surface area contributed by atoms with Crippen LogP contribution in [0.3, 0.4) is 0 Å². The Morgan fingerprint density at radius 2 is 2.00 bits per heavy atom. The van der Waals surface area contributed by atoms with Gasteiger partial charge in [0.25, 0.3) is 0 Å². The zero-order valence-corrected chi connectivity index (χ0v) is 8.77. The number of halogens is 3. The fourth-order valence-electron chi connectivity index (χ4n) is 1.46. The lowest BCUT2D eigenvalue weighted by molar-refractivity contribution is 0.148. The first-order valence-electron chi connectivity index (χ1n) is 5.19. The molecule has 0 heterocycles. The SMILES string of the molecule is CCCCc1ccc(CC(F)F)c(F)c1. The minimum absolute atomic E-state index is 0.102. The number of rotatable bonds is 5. The van der Waals surface area contributed by atoms with E-state index in [4.69, 9.17) is 0 Å². The lowest BCUT2D eigenvalue weighted by atomic mass is 10.0. The van der Waals surface area contributed by atoms with Crippen LogP contribution < -0.4 is 0 Å². The van der Waals surface area contributed by atoms with Crippen molar-refractivity contribution in [2.75, 3.05) is 0 Å². The van der Waals surface area contributed by atoms with Crippen LogP contribution in [-0.4, -0.2) is 6.43 Å². The van der Waals surface area contributed by atoms with Crippen molar-refractivity contribution >= 4 is 0 Å². The highest BCUT2D eigenvalue weighted by atomic mass is 19.3. The van der Waals surface area contributed by atoms with Crippen LogP contribution >= 0.6 is 0 Å². The molecular weight excluding hydrogens is 201 g/mol. The molecule has 0 fully saturated rings. The van der Waals surface area contributed by atoms with Gasteiger partial charge in [0.1, 0.15) is 5.82 Å². The van der Waals surface area contributed by atoms with Crippen molar-refractivity contribution in [3.05, 3.63) is 35.1 Å². The second kappa shape index (κ2) is 5.79. The monoisotopic (exact) mass is 216 g/mol. The first-order valence-corrected chi connectivity index (χ1v) is 5.19. The van der Waals surface area contributed by atoms with Gasteiger partial charge in [-0.05, 0) is 30.0 Å². The molecule has 1 rings (SSSR count). The summed E-state index contributed by atoms with van der Waals surface area (Å²) in [5.74, 6) is -0.510. The van der Waals surface area contributed by atoms with Crippen molar-refractivity contribution in [2.24, 2.45) is 0 Å². The summed E-state index contributed by atoms with van der Waals surface area (Å²) in [7, 11) is 0. The molecule has 0 aromatic heterocycles. The Labute approximate surface area is 88.1 Å². The molecule has 0 atom stereocenters. The molecule has 0 saturated heterocycles. The molecule has 0 aliphatic carbocycles. The van der Waals surface area contributed by atoms with Gasteiger partial charge >= 0.3 is 0 Å². The van der Waals surface area contributed by atoms with Gasteiger partial charge in [0, 0.05) is 6.42 Å². The molecule has 0 saturated carbocycles. The van der Waals surface area contributed by atoms with Crippen molar-refractivity contribution in [1.82, 2.24) is 0 Å². The predicted octanol–water partition coefficient (Wildman–Crippen LogP) is 3.98. The van der Waals surface area contributed by atoms with Gasteiger partial charge in [-0.2, -0.15) is 0 Å². The van der Waals surface area contributed by atoms with Gasteiger partial charge in [-0.3, -0.25) is 0 Å². The van der Waals surface area contributed by atoms with Crippen molar-refractivity contribution in [3.8, 4) is 0 Å². The second-order valence-corrected chi connectivity index (χ2v) is 3.62. The molecule has 1 aromatic carbocycles. The predicted molar refractivity (Wildman–Crippen MR) is 54.7 cm³/mol. The highest BCUT2D eigenvalue weighted by molar-refractivity contribution is 5.24. The van der Waals surface area contributed by atoms with Crippen LogP contribution in [-0.2, 0) is 12.8 Å². The van der Waals surface area contributed by atoms with Gasteiger partial charge in [0.2, 0.25) is 6.43 Å². The fourth-order valence-corrected chi connectivity index (χ4v) is 1.46. The summed E-state index contributed by atoms with van der Waals surface area (Å²) in [5, 5.41) is 0. The van der Waals surface area contributed by atoms with E-state index in [2.05, 4.69) is 6.92 Å². The molecule has 0 aliphatic heterocycles. The van der Waals surface area contributed by atoms with E-state index in [1.165, 1.54) is 12.1 Å². The zero-order valence-electron chi connectivity index (χ0n) is 8.77. The summed E-state index contributed by atoms with van der Waals surface area (Å²) >= 11 is 0. The average molecular weight is 216 g/mol. The van der Waals surface area contributed by atoms with E-state index in [0.717, 1.165) is 24.8 Å². The Kier molecular flexibility index (Phi) is 4.66. The number of hydrogen-bond donors (Lipinski definition) is 0. The van der Waals surface area contributed by atoms with Gasteiger partial charge < -0.3 is 0 Å². The summed E-state index contributed by atoms with van der Waals surface area (Å²) in [6.45, 7) is 2.06. The van der Waals surface area contributed by atoms with Crippen LogP contribution in [0.25, 0.3) is 0 Å². The molecule has 0 amide bonds. The fraction of sp³-hybridized carbons (Fsp3) is 0.500. The van der Waals surface area contributed by atoms with Crippen molar-refractivity contribution in [3.63, 3.8) is 0 Å². The van der Waals surface area contributed by atoms with E-state index in [0.29, 0.717) is 0 Å². The third-order valence-corrected chi connectivity index (χ3v) is 2.31. The van der Waals surface area contributed by atoms with E-state index < -0.39 is 18.7 Å². The second-order valence-electron chi connectivity index (χ2n) is 3.62. The molecule has 0 aliphatic rings. The number of hydrogen-bond acceptors (Lipinski definition) is 0. The molecule has 15 heavy (non-hydrogen) atoms. The minimum atomic E-state index is -2.49. The first kappa shape index (κ1) is 12.1. The molecule has 0 N–H and O–H groups in total. The van der Waals surface area contributed by atoms with Gasteiger partial charge in [-0.15, -0.1) is 0 Å².